The first-order chi connectivity index (χ1) is 10.3. The number of fused-ring (bicyclic) bond motifs is 3. The van der Waals surface area contributed by atoms with Gasteiger partial charge in [0.15, 0.2) is 0 Å². The van der Waals surface area contributed by atoms with E-state index in [1.54, 1.807) is 0 Å². The number of halogens is 1. The third-order valence-electron chi connectivity index (χ3n) is 4.63. The van der Waals surface area contributed by atoms with Crippen LogP contribution in [0.4, 0.5) is 0 Å². The van der Waals surface area contributed by atoms with Crippen LogP contribution in [0.25, 0.3) is 11.1 Å². The van der Waals surface area contributed by atoms with Gasteiger partial charge in [-0.2, -0.15) is 0 Å². The van der Waals surface area contributed by atoms with Gasteiger partial charge in [0.05, 0.1) is 6.04 Å². The SMILES string of the molecule is CCC(C)N(CCCl)C1c2ccccc2-c2ccccc21. The molecule has 1 aliphatic rings. The smallest absolute Gasteiger partial charge is 0.0616 e. The molecule has 2 aromatic carbocycles. The van der Waals surface area contributed by atoms with Crippen LogP contribution in [0.5, 0.6) is 0 Å². The molecule has 1 nitrogen and oxygen atoms in total. The van der Waals surface area contributed by atoms with Gasteiger partial charge in [-0.1, -0.05) is 55.5 Å². The summed E-state index contributed by atoms with van der Waals surface area (Å²) in [4.78, 5) is 2.55. The molecule has 1 atom stereocenters. The van der Waals surface area contributed by atoms with Gasteiger partial charge < -0.3 is 0 Å². The van der Waals surface area contributed by atoms with Crippen molar-refractivity contribution in [3.05, 3.63) is 59.7 Å². The Balaban J connectivity index is 2.12. The van der Waals surface area contributed by atoms with Crippen LogP contribution in [-0.4, -0.2) is 23.4 Å². The highest BCUT2D eigenvalue weighted by Crippen LogP contribution is 2.46. The number of nitrogens with zero attached hydrogens (tertiary/aromatic N) is 1. The molecule has 2 heteroatoms. The van der Waals surface area contributed by atoms with Gasteiger partial charge in [-0.3, -0.25) is 4.90 Å². The molecule has 0 spiro atoms. The maximum absolute atomic E-state index is 6.09. The van der Waals surface area contributed by atoms with Gasteiger partial charge in [0, 0.05) is 18.5 Å². The molecular formula is C19H22ClN. The standard InChI is InChI=1S/C19H22ClN/c1-3-14(2)21(13-12-20)19-17-10-6-4-8-15(17)16-9-5-7-11-18(16)19/h4-11,14,19H,3,12-13H2,1-2H3. The lowest BCUT2D eigenvalue weighted by Gasteiger charge is -2.34. The van der Waals surface area contributed by atoms with E-state index >= 15 is 0 Å². The fourth-order valence-electron chi connectivity index (χ4n) is 3.42. The minimum Gasteiger partial charge on any atom is -0.288 e. The molecule has 0 heterocycles. The average Bonchev–Trinajstić information content (AvgIpc) is 2.86. The highest BCUT2D eigenvalue weighted by atomic mass is 35.5. The van der Waals surface area contributed by atoms with Crippen LogP contribution < -0.4 is 0 Å². The van der Waals surface area contributed by atoms with Crippen LogP contribution in [0.15, 0.2) is 48.5 Å². The zero-order chi connectivity index (χ0) is 14.8. The van der Waals surface area contributed by atoms with E-state index in [0.29, 0.717) is 18.0 Å². The molecule has 0 radical (unpaired) electrons. The Morgan fingerprint density at radius 1 is 1.00 bits per heavy atom. The summed E-state index contributed by atoms with van der Waals surface area (Å²) in [6.07, 6.45) is 1.14. The molecule has 0 bridgehead atoms. The highest BCUT2D eigenvalue weighted by molar-refractivity contribution is 6.18. The van der Waals surface area contributed by atoms with E-state index < -0.39 is 0 Å². The van der Waals surface area contributed by atoms with Crippen LogP contribution in [0.3, 0.4) is 0 Å². The molecule has 0 aromatic heterocycles. The molecule has 1 aliphatic carbocycles. The van der Waals surface area contributed by atoms with Gasteiger partial charge in [-0.15, -0.1) is 11.6 Å². The van der Waals surface area contributed by atoms with E-state index in [-0.39, 0.29) is 0 Å². The summed E-state index contributed by atoms with van der Waals surface area (Å²) in [6, 6.07) is 18.4. The Morgan fingerprint density at radius 2 is 1.52 bits per heavy atom. The first-order valence-corrected chi connectivity index (χ1v) is 8.31. The maximum Gasteiger partial charge on any atom is 0.0616 e. The molecule has 0 saturated heterocycles. The number of rotatable bonds is 5. The molecule has 2 aromatic rings. The van der Waals surface area contributed by atoms with Crippen LogP contribution >= 0.6 is 11.6 Å². The predicted octanol–water partition coefficient (Wildman–Crippen LogP) is 5.10. The molecule has 0 aliphatic heterocycles. The van der Waals surface area contributed by atoms with E-state index in [4.69, 9.17) is 11.6 Å². The normalized spacial score (nSPS) is 15.0. The Hall–Kier alpha value is -1.31. The van der Waals surface area contributed by atoms with E-state index in [9.17, 15) is 0 Å². The monoisotopic (exact) mass is 299 g/mol. The van der Waals surface area contributed by atoms with Crippen molar-refractivity contribution in [1.29, 1.82) is 0 Å². The minimum atomic E-state index is 0.339. The van der Waals surface area contributed by atoms with Gasteiger partial charge in [-0.05, 0) is 35.6 Å². The number of benzene rings is 2. The largest absolute Gasteiger partial charge is 0.288 e. The van der Waals surface area contributed by atoms with Crippen molar-refractivity contribution in [2.75, 3.05) is 12.4 Å². The van der Waals surface area contributed by atoms with E-state index in [0.717, 1.165) is 13.0 Å². The lowest BCUT2D eigenvalue weighted by atomic mass is 10.0. The number of alkyl halides is 1. The van der Waals surface area contributed by atoms with Crippen LogP contribution in [-0.2, 0) is 0 Å². The molecular weight excluding hydrogens is 278 g/mol. The highest BCUT2D eigenvalue weighted by Gasteiger charge is 2.33. The second kappa shape index (κ2) is 6.21. The average molecular weight is 300 g/mol. The summed E-state index contributed by atoms with van der Waals surface area (Å²) in [5, 5.41) is 0. The number of hydrogen-bond acceptors (Lipinski definition) is 1. The van der Waals surface area contributed by atoms with Crippen molar-refractivity contribution in [2.45, 2.75) is 32.4 Å². The molecule has 1 unspecified atom stereocenters. The third-order valence-corrected chi connectivity index (χ3v) is 4.80. The molecule has 0 saturated carbocycles. The van der Waals surface area contributed by atoms with Crippen molar-refractivity contribution < 1.29 is 0 Å². The van der Waals surface area contributed by atoms with E-state index in [1.807, 2.05) is 0 Å². The fraction of sp³-hybridized carbons (Fsp3) is 0.368. The Kier molecular flexibility index (Phi) is 4.32. The quantitative estimate of drug-likeness (QED) is 0.695. The minimum absolute atomic E-state index is 0.339. The van der Waals surface area contributed by atoms with E-state index in [2.05, 4.69) is 67.3 Å². The van der Waals surface area contributed by atoms with Gasteiger partial charge in [0.2, 0.25) is 0 Å². The molecule has 0 amide bonds. The van der Waals surface area contributed by atoms with Gasteiger partial charge in [0.25, 0.3) is 0 Å². The fourth-order valence-corrected chi connectivity index (χ4v) is 3.62. The van der Waals surface area contributed by atoms with Crippen LogP contribution in [0, 0.1) is 0 Å². The summed E-state index contributed by atoms with van der Waals surface area (Å²) >= 11 is 6.09. The van der Waals surface area contributed by atoms with Crippen molar-refractivity contribution in [2.24, 2.45) is 0 Å². The Bertz CT molecular complexity index is 577. The zero-order valence-electron chi connectivity index (χ0n) is 12.7. The second-order valence-electron chi connectivity index (χ2n) is 5.76. The summed E-state index contributed by atoms with van der Waals surface area (Å²) in [5.74, 6) is 0.672. The molecule has 21 heavy (non-hydrogen) atoms. The van der Waals surface area contributed by atoms with Gasteiger partial charge in [0.1, 0.15) is 0 Å². The first-order valence-electron chi connectivity index (χ1n) is 7.77. The summed E-state index contributed by atoms with van der Waals surface area (Å²) < 4.78 is 0. The Morgan fingerprint density at radius 3 is 2.00 bits per heavy atom. The van der Waals surface area contributed by atoms with Crippen molar-refractivity contribution in [1.82, 2.24) is 4.90 Å². The topological polar surface area (TPSA) is 3.24 Å². The maximum atomic E-state index is 6.09. The van der Waals surface area contributed by atoms with Crippen molar-refractivity contribution >= 4 is 11.6 Å². The van der Waals surface area contributed by atoms with Crippen molar-refractivity contribution in [3.63, 3.8) is 0 Å². The molecule has 110 valence electrons. The lowest BCUT2D eigenvalue weighted by molar-refractivity contribution is 0.176. The van der Waals surface area contributed by atoms with Crippen molar-refractivity contribution in [3.8, 4) is 11.1 Å². The predicted molar refractivity (Wildman–Crippen MR) is 90.9 cm³/mol. The lowest BCUT2D eigenvalue weighted by Crippen LogP contribution is -2.37. The third kappa shape index (κ3) is 2.49. The van der Waals surface area contributed by atoms with Gasteiger partial charge in [-0.25, -0.2) is 0 Å². The second-order valence-corrected chi connectivity index (χ2v) is 6.14. The van der Waals surface area contributed by atoms with Crippen LogP contribution in [0.2, 0.25) is 0 Å². The summed E-state index contributed by atoms with van der Waals surface area (Å²) in [5.41, 5.74) is 5.59. The zero-order valence-corrected chi connectivity index (χ0v) is 13.5. The Labute approximate surface area is 132 Å². The summed E-state index contributed by atoms with van der Waals surface area (Å²) in [6.45, 7) is 5.47. The van der Waals surface area contributed by atoms with Crippen LogP contribution in [0.1, 0.15) is 37.4 Å². The number of hydrogen-bond donors (Lipinski definition) is 0. The molecule has 0 fully saturated rings. The van der Waals surface area contributed by atoms with Gasteiger partial charge >= 0.3 is 0 Å². The first kappa shape index (κ1) is 14.6. The molecule has 0 N–H and O–H groups in total. The molecule has 3 rings (SSSR count). The summed E-state index contributed by atoms with van der Waals surface area (Å²) in [7, 11) is 0. The van der Waals surface area contributed by atoms with E-state index in [1.165, 1.54) is 22.3 Å².